The number of hydrogen-bond donors (Lipinski definition) is 1. The maximum Gasteiger partial charge on any atom is 0.266 e. The van der Waals surface area contributed by atoms with Crippen molar-refractivity contribution in [3.05, 3.63) is 52.9 Å². The molecule has 0 saturated carbocycles. The average molecular weight is 501 g/mol. The number of para-hydroxylation sites is 2. The number of carbonyl (C=O) groups excluding carboxylic acids is 2. The van der Waals surface area contributed by atoms with Crippen molar-refractivity contribution in [3.8, 4) is 17.2 Å². The Morgan fingerprint density at radius 2 is 1.74 bits per heavy atom. The predicted molar refractivity (Wildman–Crippen MR) is 140 cm³/mol. The van der Waals surface area contributed by atoms with E-state index in [1.165, 1.54) is 11.8 Å². The molecule has 9 heteroatoms. The van der Waals surface area contributed by atoms with Gasteiger partial charge >= 0.3 is 0 Å². The van der Waals surface area contributed by atoms with Crippen LogP contribution in [0.25, 0.3) is 6.08 Å². The SMILES string of the molecule is COc1ccccc1NC(=O)CCCCCN1C(=O)C(=Cc2ccc(OC)c(OC)c2)SC1=S. The van der Waals surface area contributed by atoms with Crippen molar-refractivity contribution in [1.29, 1.82) is 0 Å². The second-order valence-corrected chi connectivity index (χ2v) is 9.18. The van der Waals surface area contributed by atoms with Crippen molar-refractivity contribution < 1.29 is 23.8 Å². The molecule has 0 radical (unpaired) electrons. The minimum Gasteiger partial charge on any atom is -0.495 e. The van der Waals surface area contributed by atoms with Crippen LogP contribution in [0.2, 0.25) is 0 Å². The first-order chi connectivity index (χ1) is 16.5. The van der Waals surface area contributed by atoms with Gasteiger partial charge in [0.1, 0.15) is 10.1 Å². The Hall–Kier alpha value is -3.04. The van der Waals surface area contributed by atoms with Gasteiger partial charge < -0.3 is 19.5 Å². The largest absolute Gasteiger partial charge is 0.495 e. The van der Waals surface area contributed by atoms with Gasteiger partial charge in [-0.1, -0.05) is 48.6 Å². The van der Waals surface area contributed by atoms with Gasteiger partial charge in [-0.25, -0.2) is 0 Å². The maximum absolute atomic E-state index is 12.9. The first-order valence-electron chi connectivity index (χ1n) is 10.9. The molecule has 0 aromatic heterocycles. The van der Waals surface area contributed by atoms with Gasteiger partial charge in [0.15, 0.2) is 11.5 Å². The van der Waals surface area contributed by atoms with Crippen molar-refractivity contribution in [2.24, 2.45) is 0 Å². The fourth-order valence-electron chi connectivity index (χ4n) is 3.48. The van der Waals surface area contributed by atoms with Crippen molar-refractivity contribution >= 4 is 51.9 Å². The van der Waals surface area contributed by atoms with Crippen LogP contribution in [-0.2, 0) is 9.59 Å². The smallest absolute Gasteiger partial charge is 0.266 e. The molecule has 0 spiro atoms. The number of amides is 2. The Kier molecular flexibility index (Phi) is 9.35. The van der Waals surface area contributed by atoms with Crippen molar-refractivity contribution in [2.75, 3.05) is 33.2 Å². The van der Waals surface area contributed by atoms with Crippen LogP contribution in [0.5, 0.6) is 17.2 Å². The highest BCUT2D eigenvalue weighted by Crippen LogP contribution is 2.35. The molecular weight excluding hydrogens is 472 g/mol. The summed E-state index contributed by atoms with van der Waals surface area (Å²) >= 11 is 6.72. The Bertz CT molecular complexity index is 1090. The number of methoxy groups -OCH3 is 3. The second-order valence-electron chi connectivity index (χ2n) is 7.51. The van der Waals surface area contributed by atoms with Gasteiger partial charge in [-0.3, -0.25) is 14.5 Å². The molecule has 0 atom stereocenters. The van der Waals surface area contributed by atoms with E-state index in [1.54, 1.807) is 44.4 Å². The number of unbranched alkanes of at least 4 members (excludes halogenated alkanes) is 2. The number of thiocarbonyl (C=S) groups is 1. The Morgan fingerprint density at radius 3 is 2.47 bits per heavy atom. The number of anilines is 1. The Morgan fingerprint density at radius 1 is 1.00 bits per heavy atom. The van der Waals surface area contributed by atoms with Crippen LogP contribution in [0, 0.1) is 0 Å². The normalized spacial score (nSPS) is 14.4. The van der Waals surface area contributed by atoms with Crippen LogP contribution in [-0.4, -0.2) is 48.9 Å². The van der Waals surface area contributed by atoms with Crippen LogP contribution in [0.15, 0.2) is 47.4 Å². The van der Waals surface area contributed by atoms with E-state index in [-0.39, 0.29) is 11.8 Å². The fourth-order valence-corrected chi connectivity index (χ4v) is 4.79. The van der Waals surface area contributed by atoms with E-state index in [2.05, 4.69) is 5.32 Å². The lowest BCUT2D eigenvalue weighted by atomic mass is 10.1. The molecule has 2 aromatic carbocycles. The first kappa shape index (κ1) is 25.6. The van der Waals surface area contributed by atoms with Crippen LogP contribution in [0.1, 0.15) is 31.2 Å². The topological polar surface area (TPSA) is 77.1 Å². The summed E-state index contributed by atoms with van der Waals surface area (Å²) in [5, 5.41) is 2.88. The zero-order valence-electron chi connectivity index (χ0n) is 19.5. The van der Waals surface area contributed by atoms with E-state index >= 15 is 0 Å². The molecule has 0 aliphatic carbocycles. The quantitative estimate of drug-likeness (QED) is 0.261. The molecule has 34 heavy (non-hydrogen) atoms. The first-order valence-corrected chi connectivity index (χ1v) is 12.1. The summed E-state index contributed by atoms with van der Waals surface area (Å²) in [6, 6.07) is 12.8. The zero-order valence-corrected chi connectivity index (χ0v) is 21.1. The molecule has 1 fully saturated rings. The number of rotatable bonds is 11. The Labute approximate surface area is 209 Å². The molecule has 1 N–H and O–H groups in total. The monoisotopic (exact) mass is 500 g/mol. The molecule has 7 nitrogen and oxygen atoms in total. The molecule has 1 aliphatic heterocycles. The summed E-state index contributed by atoms with van der Waals surface area (Å²) in [5.74, 6) is 1.70. The highest BCUT2D eigenvalue weighted by molar-refractivity contribution is 8.26. The summed E-state index contributed by atoms with van der Waals surface area (Å²) in [7, 11) is 4.72. The molecule has 2 aromatic rings. The van der Waals surface area contributed by atoms with Gasteiger partial charge in [-0.2, -0.15) is 0 Å². The lowest BCUT2D eigenvalue weighted by Crippen LogP contribution is -2.29. The van der Waals surface area contributed by atoms with Crippen molar-refractivity contribution in [1.82, 2.24) is 4.90 Å². The molecule has 2 amide bonds. The highest BCUT2D eigenvalue weighted by Gasteiger charge is 2.31. The maximum atomic E-state index is 12.9. The number of nitrogens with one attached hydrogen (secondary N) is 1. The van der Waals surface area contributed by atoms with Crippen LogP contribution in [0.4, 0.5) is 5.69 Å². The van der Waals surface area contributed by atoms with Crippen LogP contribution >= 0.6 is 24.0 Å². The number of hydrogen-bond acceptors (Lipinski definition) is 7. The van der Waals surface area contributed by atoms with E-state index in [0.29, 0.717) is 45.1 Å². The fraction of sp³-hybridized carbons (Fsp3) is 0.320. The summed E-state index contributed by atoms with van der Waals surface area (Å²) in [4.78, 5) is 27.3. The van der Waals surface area contributed by atoms with E-state index in [0.717, 1.165) is 24.8 Å². The van der Waals surface area contributed by atoms with Crippen molar-refractivity contribution in [2.45, 2.75) is 25.7 Å². The number of ether oxygens (including phenoxy) is 3. The molecule has 180 valence electrons. The van der Waals surface area contributed by atoms with E-state index in [4.69, 9.17) is 26.4 Å². The van der Waals surface area contributed by atoms with Gasteiger partial charge in [0.05, 0.1) is 31.9 Å². The van der Waals surface area contributed by atoms with Crippen LogP contribution in [0.3, 0.4) is 0 Å². The van der Waals surface area contributed by atoms with E-state index in [1.807, 2.05) is 30.3 Å². The third-order valence-corrected chi connectivity index (χ3v) is 6.62. The molecule has 0 unspecified atom stereocenters. The van der Waals surface area contributed by atoms with Gasteiger partial charge in [0.25, 0.3) is 5.91 Å². The lowest BCUT2D eigenvalue weighted by Gasteiger charge is -2.14. The lowest BCUT2D eigenvalue weighted by molar-refractivity contribution is -0.122. The molecule has 3 rings (SSSR count). The third kappa shape index (κ3) is 6.51. The summed E-state index contributed by atoms with van der Waals surface area (Å²) in [5.41, 5.74) is 1.49. The van der Waals surface area contributed by atoms with Gasteiger partial charge in [-0.05, 0) is 48.7 Å². The molecule has 0 bridgehead atoms. The standard InChI is InChI=1S/C25H28N2O5S2/c1-30-19-10-7-6-9-18(19)26-23(28)11-5-4-8-14-27-24(29)22(34-25(27)33)16-17-12-13-20(31-2)21(15-17)32-3/h6-7,9-10,12-13,15-16H,4-5,8,11,14H2,1-3H3,(H,26,28). The number of benzene rings is 2. The summed E-state index contributed by atoms with van der Waals surface area (Å²) < 4.78 is 16.4. The Balaban J connectivity index is 1.47. The van der Waals surface area contributed by atoms with E-state index in [9.17, 15) is 9.59 Å². The average Bonchev–Trinajstić information content (AvgIpc) is 3.11. The van der Waals surface area contributed by atoms with Gasteiger partial charge in [0, 0.05) is 13.0 Å². The third-order valence-electron chi connectivity index (χ3n) is 5.25. The van der Waals surface area contributed by atoms with Crippen LogP contribution < -0.4 is 19.5 Å². The summed E-state index contributed by atoms with van der Waals surface area (Å²) in [6.45, 7) is 0.530. The number of carbonyl (C=O) groups is 2. The molecule has 1 heterocycles. The van der Waals surface area contributed by atoms with Crippen molar-refractivity contribution in [3.63, 3.8) is 0 Å². The minimum atomic E-state index is -0.0984. The number of thioether (sulfide) groups is 1. The molecule has 1 aliphatic rings. The summed E-state index contributed by atoms with van der Waals surface area (Å²) in [6.07, 6.45) is 4.50. The van der Waals surface area contributed by atoms with E-state index < -0.39 is 0 Å². The molecule has 1 saturated heterocycles. The van der Waals surface area contributed by atoms with Gasteiger partial charge in [-0.15, -0.1) is 0 Å². The minimum absolute atomic E-state index is 0.0621. The molecular formula is C25H28N2O5S2. The number of nitrogens with zero attached hydrogens (tertiary/aromatic N) is 1. The second kappa shape index (κ2) is 12.4. The predicted octanol–water partition coefficient (Wildman–Crippen LogP) is 5.11. The highest BCUT2D eigenvalue weighted by atomic mass is 32.2. The van der Waals surface area contributed by atoms with Gasteiger partial charge in [0.2, 0.25) is 5.91 Å². The zero-order chi connectivity index (χ0) is 24.5.